The molecule has 0 saturated carbocycles. The Hall–Kier alpha value is -0.770. The molecule has 0 fully saturated rings. The highest BCUT2D eigenvalue weighted by atomic mass is 79.9. The molecule has 2 N–H and O–H groups in total. The number of benzene rings is 2. The van der Waals surface area contributed by atoms with E-state index in [4.69, 9.17) is 5.73 Å². The van der Waals surface area contributed by atoms with E-state index in [-0.39, 0.29) is 0 Å². The number of rotatable bonds is 3. The summed E-state index contributed by atoms with van der Waals surface area (Å²) in [6.07, 6.45) is 0. The minimum Gasteiger partial charge on any atom is -0.326 e. The number of hydrogen-bond donors (Lipinski definition) is 1. The van der Waals surface area contributed by atoms with E-state index in [9.17, 15) is 0 Å². The van der Waals surface area contributed by atoms with Gasteiger partial charge in [-0.05, 0) is 54.8 Å². The predicted molar refractivity (Wildman–Crippen MR) is 82.1 cm³/mol. The summed E-state index contributed by atoms with van der Waals surface area (Å²) >= 11 is 5.32. The van der Waals surface area contributed by atoms with Gasteiger partial charge in [-0.25, -0.2) is 0 Å². The summed E-state index contributed by atoms with van der Waals surface area (Å²) in [5, 5.41) is 0. The van der Waals surface area contributed by atoms with Crippen LogP contribution in [0.15, 0.2) is 50.7 Å². The van der Waals surface area contributed by atoms with Gasteiger partial charge >= 0.3 is 0 Å². The van der Waals surface area contributed by atoms with Gasteiger partial charge in [-0.15, -0.1) is 0 Å². The maximum absolute atomic E-state index is 5.70. The topological polar surface area (TPSA) is 26.0 Å². The molecule has 18 heavy (non-hydrogen) atoms. The summed E-state index contributed by atoms with van der Waals surface area (Å²) in [6, 6.07) is 12.9. The van der Waals surface area contributed by atoms with Crippen LogP contribution >= 0.6 is 27.7 Å². The zero-order valence-electron chi connectivity index (χ0n) is 10.5. The van der Waals surface area contributed by atoms with Crippen LogP contribution in [0, 0.1) is 13.8 Å². The van der Waals surface area contributed by atoms with Crippen molar-refractivity contribution in [1.82, 2.24) is 0 Å². The van der Waals surface area contributed by atoms with Gasteiger partial charge in [0.1, 0.15) is 0 Å². The summed E-state index contributed by atoms with van der Waals surface area (Å²) in [5.41, 5.74) is 9.45. The fourth-order valence-electron chi connectivity index (χ4n) is 1.74. The molecule has 0 spiro atoms. The van der Waals surface area contributed by atoms with Gasteiger partial charge in [-0.3, -0.25) is 0 Å². The van der Waals surface area contributed by atoms with Crippen LogP contribution < -0.4 is 5.73 Å². The van der Waals surface area contributed by atoms with Crippen LogP contribution in [0.1, 0.15) is 16.7 Å². The molecule has 2 rings (SSSR count). The van der Waals surface area contributed by atoms with Crippen LogP contribution in [0.2, 0.25) is 0 Å². The highest BCUT2D eigenvalue weighted by Crippen LogP contribution is 2.33. The quantitative estimate of drug-likeness (QED) is 0.888. The van der Waals surface area contributed by atoms with Gasteiger partial charge in [0.25, 0.3) is 0 Å². The Morgan fingerprint density at radius 1 is 1.11 bits per heavy atom. The van der Waals surface area contributed by atoms with Crippen LogP contribution in [0.25, 0.3) is 0 Å². The third-order valence-corrected chi connectivity index (χ3v) is 4.33. The highest BCUT2D eigenvalue weighted by molar-refractivity contribution is 9.10. The zero-order valence-corrected chi connectivity index (χ0v) is 12.9. The smallest absolute Gasteiger partial charge is 0.0189 e. The van der Waals surface area contributed by atoms with Gasteiger partial charge in [0, 0.05) is 20.8 Å². The molecular weight excluding hydrogens is 306 g/mol. The Labute approximate surface area is 121 Å². The minimum absolute atomic E-state index is 0.569. The summed E-state index contributed by atoms with van der Waals surface area (Å²) < 4.78 is 1.08. The van der Waals surface area contributed by atoms with Crippen molar-refractivity contribution in [2.45, 2.75) is 30.2 Å². The third kappa shape index (κ3) is 3.37. The molecule has 2 aromatic rings. The van der Waals surface area contributed by atoms with Crippen LogP contribution in [-0.2, 0) is 6.54 Å². The molecule has 94 valence electrons. The monoisotopic (exact) mass is 321 g/mol. The summed E-state index contributed by atoms with van der Waals surface area (Å²) in [4.78, 5) is 2.52. The molecule has 0 bridgehead atoms. The third-order valence-electron chi connectivity index (χ3n) is 2.74. The van der Waals surface area contributed by atoms with E-state index in [1.165, 1.54) is 20.9 Å². The van der Waals surface area contributed by atoms with Crippen molar-refractivity contribution in [3.05, 3.63) is 57.6 Å². The summed E-state index contributed by atoms with van der Waals surface area (Å²) in [7, 11) is 0. The minimum atomic E-state index is 0.569. The molecule has 0 aliphatic carbocycles. The predicted octanol–water partition coefficient (Wildman–Crippen LogP) is 4.68. The van der Waals surface area contributed by atoms with E-state index < -0.39 is 0 Å². The highest BCUT2D eigenvalue weighted by Gasteiger charge is 2.04. The number of hydrogen-bond acceptors (Lipinski definition) is 2. The van der Waals surface area contributed by atoms with Crippen LogP contribution in [0.4, 0.5) is 0 Å². The first-order valence-electron chi connectivity index (χ1n) is 5.83. The van der Waals surface area contributed by atoms with Gasteiger partial charge in [-0.1, -0.05) is 39.8 Å². The first-order chi connectivity index (χ1) is 8.58. The Kier molecular flexibility index (Phi) is 4.49. The van der Waals surface area contributed by atoms with Crippen LogP contribution in [-0.4, -0.2) is 0 Å². The largest absolute Gasteiger partial charge is 0.326 e. The molecule has 0 unspecified atom stereocenters. The summed E-state index contributed by atoms with van der Waals surface area (Å²) in [6.45, 7) is 4.83. The molecule has 0 heterocycles. The maximum Gasteiger partial charge on any atom is 0.0189 e. The Balaban J connectivity index is 2.33. The second-order valence-electron chi connectivity index (χ2n) is 4.37. The fraction of sp³-hybridized carbons (Fsp3) is 0.200. The number of aryl methyl sites for hydroxylation is 2. The SMILES string of the molecule is Cc1ccc(C)c(Sc2cc(Br)cc(CN)c2)c1. The lowest BCUT2D eigenvalue weighted by atomic mass is 10.2. The number of nitrogens with two attached hydrogens (primary N) is 1. The van der Waals surface area contributed by atoms with E-state index in [1.54, 1.807) is 11.8 Å². The normalized spacial score (nSPS) is 10.7. The Morgan fingerprint density at radius 2 is 1.89 bits per heavy atom. The zero-order chi connectivity index (χ0) is 13.1. The van der Waals surface area contributed by atoms with Gasteiger partial charge in [0.15, 0.2) is 0 Å². The molecule has 0 aromatic heterocycles. The molecule has 0 atom stereocenters. The van der Waals surface area contributed by atoms with Gasteiger partial charge in [0.2, 0.25) is 0 Å². The van der Waals surface area contributed by atoms with E-state index in [1.807, 2.05) is 0 Å². The molecular formula is C15H16BrNS. The molecule has 3 heteroatoms. The van der Waals surface area contributed by atoms with E-state index in [2.05, 4.69) is 66.2 Å². The van der Waals surface area contributed by atoms with Crippen molar-refractivity contribution in [2.75, 3.05) is 0 Å². The van der Waals surface area contributed by atoms with Gasteiger partial charge < -0.3 is 5.73 Å². The average Bonchev–Trinajstić information content (AvgIpc) is 2.33. The van der Waals surface area contributed by atoms with E-state index in [0.29, 0.717) is 6.54 Å². The van der Waals surface area contributed by atoms with Crippen LogP contribution in [0.3, 0.4) is 0 Å². The molecule has 0 saturated heterocycles. The molecule has 0 aliphatic heterocycles. The fourth-order valence-corrected chi connectivity index (χ4v) is 3.56. The Morgan fingerprint density at radius 3 is 2.61 bits per heavy atom. The first kappa shape index (κ1) is 13.7. The number of halogens is 1. The maximum atomic E-state index is 5.70. The lowest BCUT2D eigenvalue weighted by Crippen LogP contribution is -1.96. The lowest BCUT2D eigenvalue weighted by molar-refractivity contribution is 1.06. The molecule has 0 aliphatic rings. The molecule has 1 nitrogen and oxygen atoms in total. The molecule has 0 amide bonds. The molecule has 0 radical (unpaired) electrons. The Bertz CT molecular complexity index is 566. The second kappa shape index (κ2) is 5.91. The van der Waals surface area contributed by atoms with Crippen molar-refractivity contribution in [3.8, 4) is 0 Å². The van der Waals surface area contributed by atoms with Crippen molar-refractivity contribution >= 4 is 27.7 Å². The van der Waals surface area contributed by atoms with Crippen LogP contribution in [0.5, 0.6) is 0 Å². The second-order valence-corrected chi connectivity index (χ2v) is 6.40. The van der Waals surface area contributed by atoms with Gasteiger partial charge in [-0.2, -0.15) is 0 Å². The lowest BCUT2D eigenvalue weighted by Gasteiger charge is -2.08. The molecule has 2 aromatic carbocycles. The van der Waals surface area contributed by atoms with Crippen molar-refractivity contribution in [3.63, 3.8) is 0 Å². The van der Waals surface area contributed by atoms with Crippen molar-refractivity contribution in [1.29, 1.82) is 0 Å². The van der Waals surface area contributed by atoms with Crippen molar-refractivity contribution in [2.24, 2.45) is 5.73 Å². The summed E-state index contributed by atoms with van der Waals surface area (Å²) in [5.74, 6) is 0. The van der Waals surface area contributed by atoms with E-state index in [0.717, 1.165) is 10.0 Å². The van der Waals surface area contributed by atoms with Crippen molar-refractivity contribution < 1.29 is 0 Å². The standard InChI is InChI=1S/C15H16BrNS/c1-10-3-4-11(2)15(5-10)18-14-7-12(9-17)6-13(16)8-14/h3-8H,9,17H2,1-2H3. The van der Waals surface area contributed by atoms with E-state index >= 15 is 0 Å². The van der Waals surface area contributed by atoms with Gasteiger partial charge in [0.05, 0.1) is 0 Å². The average molecular weight is 322 g/mol. The first-order valence-corrected chi connectivity index (χ1v) is 7.44.